The molecule has 0 N–H and O–H groups in total. The van der Waals surface area contributed by atoms with Gasteiger partial charge in [0.15, 0.2) is 0 Å². The molecule has 0 aliphatic carbocycles. The van der Waals surface area contributed by atoms with Gasteiger partial charge >= 0.3 is 0 Å². The average molecular weight is 383 g/mol. The summed E-state index contributed by atoms with van der Waals surface area (Å²) in [4.78, 5) is 23.9. The summed E-state index contributed by atoms with van der Waals surface area (Å²) >= 11 is 0. The first-order chi connectivity index (χ1) is 11.6. The van der Waals surface area contributed by atoms with Crippen molar-refractivity contribution in [2.24, 2.45) is 0 Å². The Morgan fingerprint density at radius 2 is 1.72 bits per heavy atom. The molecule has 11 heteroatoms. The molecule has 25 heavy (non-hydrogen) atoms. The van der Waals surface area contributed by atoms with Crippen LogP contribution in [0.5, 0.6) is 5.75 Å². The van der Waals surface area contributed by atoms with Gasteiger partial charge in [-0.1, -0.05) is 16.5 Å². The lowest BCUT2D eigenvalue weighted by molar-refractivity contribution is -0.157. The predicted molar refractivity (Wildman–Crippen MR) is 80.0 cm³/mol. The number of amides is 2. The van der Waals surface area contributed by atoms with Gasteiger partial charge in [-0.3, -0.25) is 14.5 Å². The number of nitrogens with zero attached hydrogens (tertiary/aromatic N) is 1. The van der Waals surface area contributed by atoms with Crippen molar-refractivity contribution in [1.82, 2.24) is 4.90 Å². The van der Waals surface area contributed by atoms with E-state index in [2.05, 4.69) is 4.39 Å². The van der Waals surface area contributed by atoms with Crippen molar-refractivity contribution in [3.8, 4) is 5.75 Å². The van der Waals surface area contributed by atoms with Gasteiger partial charge in [0.25, 0.3) is 16.0 Å². The molecule has 7 nitrogen and oxygen atoms in total. The molecule has 140 valence electrons. The second-order valence-corrected chi connectivity index (χ2v) is 6.59. The van der Waals surface area contributed by atoms with E-state index in [1.54, 1.807) is 24.3 Å². The van der Waals surface area contributed by atoms with Crippen LogP contribution in [0.3, 0.4) is 0 Å². The van der Waals surface area contributed by atoms with E-state index in [0.29, 0.717) is 17.6 Å². The molecule has 2 amide bonds. The SMILES string of the molecule is COc1ccc(CN2C(=O)CC(F)C(F)C2=O)cc1.CS(=O)(=O)OF. The number of hydrogen-bond acceptors (Lipinski definition) is 6. The number of carbonyl (C=O) groups excluding carboxylic acids is 2. The zero-order valence-corrected chi connectivity index (χ0v) is 14.1. The van der Waals surface area contributed by atoms with Crippen LogP contribution in [-0.4, -0.2) is 50.8 Å². The van der Waals surface area contributed by atoms with Crippen molar-refractivity contribution in [2.75, 3.05) is 13.4 Å². The summed E-state index contributed by atoms with van der Waals surface area (Å²) in [5.41, 5.74) is 0.645. The minimum Gasteiger partial charge on any atom is -0.497 e. The average Bonchev–Trinajstić information content (AvgIpc) is 2.57. The normalized spacial score (nSPS) is 20.8. The molecule has 1 aromatic carbocycles. The van der Waals surface area contributed by atoms with Gasteiger partial charge in [0, 0.05) is 0 Å². The zero-order chi connectivity index (χ0) is 19.2. The Morgan fingerprint density at radius 3 is 2.16 bits per heavy atom. The smallest absolute Gasteiger partial charge is 0.295 e. The standard InChI is InChI=1S/C13H13F2NO3.CH3FO3S/c1-19-9-4-2-8(3-5-9)7-16-11(17)6-10(14)12(15)13(16)18;1-6(3,4)5-2/h2-5,10,12H,6-7H2,1H3;1H3. The zero-order valence-electron chi connectivity index (χ0n) is 13.3. The Hall–Kier alpha value is -2.14. The fourth-order valence-electron chi connectivity index (χ4n) is 1.89. The molecule has 0 spiro atoms. The summed E-state index contributed by atoms with van der Waals surface area (Å²) in [6, 6.07) is 6.65. The van der Waals surface area contributed by atoms with Gasteiger partial charge in [0.1, 0.15) is 11.9 Å². The van der Waals surface area contributed by atoms with Crippen LogP contribution in [0.25, 0.3) is 0 Å². The van der Waals surface area contributed by atoms with E-state index in [-0.39, 0.29) is 6.54 Å². The highest BCUT2D eigenvalue weighted by molar-refractivity contribution is 7.85. The summed E-state index contributed by atoms with van der Waals surface area (Å²) in [6.07, 6.45) is -4.26. The van der Waals surface area contributed by atoms with Crippen molar-refractivity contribution in [2.45, 2.75) is 25.3 Å². The summed E-state index contributed by atoms with van der Waals surface area (Å²) < 4.78 is 62.9. The molecule has 1 fully saturated rings. The molecule has 2 rings (SSSR count). The number of likely N-dealkylation sites (tertiary alicyclic amines) is 1. The molecular weight excluding hydrogens is 367 g/mol. The number of ether oxygens (including phenoxy) is 1. The number of hydrogen-bond donors (Lipinski definition) is 0. The minimum atomic E-state index is -3.83. The second kappa shape index (κ2) is 8.81. The molecule has 0 aromatic heterocycles. The highest BCUT2D eigenvalue weighted by Crippen LogP contribution is 2.22. The van der Waals surface area contributed by atoms with Crippen LogP contribution in [0, 0.1) is 0 Å². The first-order valence-corrected chi connectivity index (χ1v) is 8.66. The number of carbonyl (C=O) groups is 2. The molecule has 1 heterocycles. The Kier molecular flexibility index (Phi) is 7.37. The number of piperidine rings is 1. The van der Waals surface area contributed by atoms with E-state index in [9.17, 15) is 31.3 Å². The highest BCUT2D eigenvalue weighted by Gasteiger charge is 2.41. The molecule has 1 aliphatic heterocycles. The maximum atomic E-state index is 13.3. The van der Waals surface area contributed by atoms with Gasteiger partial charge in [0.05, 0.1) is 26.3 Å². The third-order valence-corrected chi connectivity index (χ3v) is 3.33. The summed E-state index contributed by atoms with van der Waals surface area (Å²) in [6.45, 7) is -0.0607. The lowest BCUT2D eigenvalue weighted by atomic mass is 10.0. The van der Waals surface area contributed by atoms with E-state index in [1.807, 2.05) is 0 Å². The van der Waals surface area contributed by atoms with E-state index in [4.69, 9.17) is 4.74 Å². The topological polar surface area (TPSA) is 90.0 Å². The number of benzene rings is 1. The number of imide groups is 1. The highest BCUT2D eigenvalue weighted by atomic mass is 32.2. The fourth-order valence-corrected chi connectivity index (χ4v) is 1.89. The number of alkyl halides is 2. The van der Waals surface area contributed by atoms with Crippen LogP contribution in [0.15, 0.2) is 24.3 Å². The van der Waals surface area contributed by atoms with Gasteiger partial charge in [-0.15, -0.1) is 0 Å². The number of methoxy groups -OCH3 is 1. The Morgan fingerprint density at radius 1 is 1.20 bits per heavy atom. The monoisotopic (exact) mass is 383 g/mol. The number of halogens is 3. The van der Waals surface area contributed by atoms with Crippen LogP contribution in [0.4, 0.5) is 13.3 Å². The first-order valence-electron chi connectivity index (χ1n) is 6.84. The van der Waals surface area contributed by atoms with Crippen LogP contribution in [-0.2, 0) is 30.6 Å². The van der Waals surface area contributed by atoms with E-state index >= 15 is 0 Å². The molecule has 2 atom stereocenters. The molecule has 0 bridgehead atoms. The molecule has 0 radical (unpaired) electrons. The van der Waals surface area contributed by atoms with Crippen molar-refractivity contribution in [3.63, 3.8) is 0 Å². The molecular formula is C14H16F3NO6S. The van der Waals surface area contributed by atoms with E-state index in [0.717, 1.165) is 4.90 Å². The minimum absolute atomic E-state index is 0.0607. The first kappa shape index (κ1) is 20.9. The fraction of sp³-hybridized carbons (Fsp3) is 0.429. The summed E-state index contributed by atoms with van der Waals surface area (Å²) in [5, 5.41) is 0. The predicted octanol–water partition coefficient (Wildman–Crippen LogP) is 1.48. The lowest BCUT2D eigenvalue weighted by Crippen LogP contribution is -2.50. The van der Waals surface area contributed by atoms with Crippen molar-refractivity contribution in [1.29, 1.82) is 0 Å². The molecule has 1 aliphatic rings. The molecule has 1 aromatic rings. The van der Waals surface area contributed by atoms with Crippen molar-refractivity contribution >= 4 is 21.9 Å². The van der Waals surface area contributed by atoms with Crippen LogP contribution in [0.2, 0.25) is 0 Å². The van der Waals surface area contributed by atoms with Crippen molar-refractivity contribution in [3.05, 3.63) is 29.8 Å². The summed E-state index contributed by atoms with van der Waals surface area (Å²) in [5.74, 6) is -1.17. The maximum Gasteiger partial charge on any atom is 0.295 e. The largest absolute Gasteiger partial charge is 0.497 e. The van der Waals surface area contributed by atoms with Gasteiger partial charge < -0.3 is 4.74 Å². The Bertz CT molecular complexity index is 710. The third-order valence-electron chi connectivity index (χ3n) is 3.10. The Labute approximate surface area is 142 Å². The Balaban J connectivity index is 0.000000450. The summed E-state index contributed by atoms with van der Waals surface area (Å²) in [7, 11) is -2.31. The second-order valence-electron chi connectivity index (χ2n) is 5.06. The molecule has 0 saturated carbocycles. The molecule has 2 unspecified atom stereocenters. The maximum absolute atomic E-state index is 13.3. The van der Waals surface area contributed by atoms with E-state index in [1.165, 1.54) is 7.11 Å². The molecule has 1 saturated heterocycles. The van der Waals surface area contributed by atoms with Gasteiger partial charge in [-0.2, -0.15) is 8.42 Å². The van der Waals surface area contributed by atoms with E-state index < -0.39 is 40.7 Å². The third kappa shape index (κ3) is 6.35. The lowest BCUT2D eigenvalue weighted by Gasteiger charge is -2.29. The van der Waals surface area contributed by atoms with Gasteiger partial charge in [-0.05, 0) is 22.2 Å². The van der Waals surface area contributed by atoms with Crippen LogP contribution < -0.4 is 4.74 Å². The number of rotatable bonds is 4. The van der Waals surface area contributed by atoms with Crippen LogP contribution in [0.1, 0.15) is 12.0 Å². The van der Waals surface area contributed by atoms with Gasteiger partial charge in [-0.25, -0.2) is 8.78 Å². The van der Waals surface area contributed by atoms with Gasteiger partial charge in [0.2, 0.25) is 12.1 Å². The quantitative estimate of drug-likeness (QED) is 0.732. The van der Waals surface area contributed by atoms with Crippen LogP contribution >= 0.6 is 0 Å². The van der Waals surface area contributed by atoms with Crippen molar-refractivity contribution < 1.29 is 40.4 Å².